The lowest BCUT2D eigenvalue weighted by Crippen LogP contribution is -2.46. The number of hydrogen-bond acceptors (Lipinski definition) is 7. The number of hydrogen-bond donors (Lipinski definition) is 0. The fourth-order valence-electron chi connectivity index (χ4n) is 3.32. The van der Waals surface area contributed by atoms with E-state index in [1.54, 1.807) is 14.3 Å². The van der Waals surface area contributed by atoms with Crippen molar-refractivity contribution >= 4 is 5.91 Å². The van der Waals surface area contributed by atoms with Crippen molar-refractivity contribution in [2.75, 3.05) is 19.8 Å². The Hall–Kier alpha value is -3.14. The Kier molecular flexibility index (Phi) is 5.11. The van der Waals surface area contributed by atoms with Crippen molar-refractivity contribution in [2.45, 2.75) is 32.4 Å². The van der Waals surface area contributed by atoms with Crippen LogP contribution in [0.5, 0.6) is 0 Å². The zero-order valence-electron chi connectivity index (χ0n) is 15.8. The average Bonchev–Trinajstić information content (AvgIpc) is 3.38. The van der Waals surface area contributed by atoms with Crippen LogP contribution in [-0.2, 0) is 16.1 Å². The van der Waals surface area contributed by atoms with E-state index in [1.165, 1.54) is 6.33 Å². The van der Waals surface area contributed by atoms with Crippen LogP contribution in [0.2, 0.25) is 0 Å². The third kappa shape index (κ3) is 3.50. The molecule has 2 aromatic heterocycles. The molecule has 10 heteroatoms. The van der Waals surface area contributed by atoms with Crippen molar-refractivity contribution in [3.05, 3.63) is 48.3 Å². The van der Waals surface area contributed by atoms with Gasteiger partial charge in [0.2, 0.25) is 5.91 Å². The number of carbonyl (C=O) groups is 1. The van der Waals surface area contributed by atoms with Gasteiger partial charge in [-0.3, -0.25) is 4.79 Å². The van der Waals surface area contributed by atoms with Gasteiger partial charge >= 0.3 is 0 Å². The van der Waals surface area contributed by atoms with Crippen LogP contribution in [0.15, 0.2) is 36.7 Å². The van der Waals surface area contributed by atoms with Crippen molar-refractivity contribution in [1.29, 1.82) is 0 Å². The molecule has 1 aliphatic heterocycles. The summed E-state index contributed by atoms with van der Waals surface area (Å²) in [5.41, 5.74) is 0.885. The highest BCUT2D eigenvalue weighted by atomic mass is 16.5. The van der Waals surface area contributed by atoms with Crippen LogP contribution < -0.4 is 0 Å². The third-order valence-electron chi connectivity index (χ3n) is 4.68. The lowest BCUT2D eigenvalue weighted by atomic mass is 10.2. The summed E-state index contributed by atoms with van der Waals surface area (Å²) in [7, 11) is 0. The summed E-state index contributed by atoms with van der Waals surface area (Å²) in [5, 5.41) is 16.0. The molecule has 0 spiro atoms. The van der Waals surface area contributed by atoms with Crippen molar-refractivity contribution in [2.24, 2.45) is 0 Å². The number of ether oxygens (including phenoxy) is 1. The molecule has 1 unspecified atom stereocenters. The van der Waals surface area contributed by atoms with Crippen LogP contribution in [0.3, 0.4) is 0 Å². The van der Waals surface area contributed by atoms with Crippen LogP contribution in [0, 0.1) is 0 Å². The minimum absolute atomic E-state index is 0.0786. The van der Waals surface area contributed by atoms with E-state index in [-0.39, 0.29) is 24.4 Å². The SMILES string of the molecule is CC(C)c1nnnn1CC(=O)N1CCOCC1c1ncnn1-c1ccccc1. The van der Waals surface area contributed by atoms with Crippen LogP contribution in [-0.4, -0.2) is 65.5 Å². The van der Waals surface area contributed by atoms with Gasteiger partial charge in [0, 0.05) is 12.5 Å². The molecule has 3 aromatic rings. The van der Waals surface area contributed by atoms with Crippen LogP contribution >= 0.6 is 0 Å². The largest absolute Gasteiger partial charge is 0.377 e. The first-order valence-electron chi connectivity index (χ1n) is 9.23. The molecule has 1 atom stereocenters. The molecule has 0 N–H and O–H groups in total. The Labute approximate surface area is 162 Å². The molecule has 3 heterocycles. The lowest BCUT2D eigenvalue weighted by molar-refractivity contribution is -0.141. The Morgan fingerprint density at radius 1 is 1.29 bits per heavy atom. The van der Waals surface area contributed by atoms with Crippen LogP contribution in [0.4, 0.5) is 0 Å². The maximum absolute atomic E-state index is 13.1. The zero-order chi connectivity index (χ0) is 19.5. The number of benzene rings is 1. The number of morpholine rings is 1. The predicted molar refractivity (Wildman–Crippen MR) is 98.5 cm³/mol. The van der Waals surface area contributed by atoms with E-state index in [0.717, 1.165) is 5.69 Å². The van der Waals surface area contributed by atoms with Gasteiger partial charge in [-0.15, -0.1) is 5.10 Å². The van der Waals surface area contributed by atoms with Gasteiger partial charge in [-0.05, 0) is 22.6 Å². The van der Waals surface area contributed by atoms with Gasteiger partial charge in [-0.2, -0.15) is 5.10 Å². The summed E-state index contributed by atoms with van der Waals surface area (Å²) in [6, 6.07) is 9.38. The van der Waals surface area contributed by atoms with E-state index in [9.17, 15) is 4.79 Å². The summed E-state index contributed by atoms with van der Waals surface area (Å²) >= 11 is 0. The lowest BCUT2D eigenvalue weighted by Gasteiger charge is -2.35. The Morgan fingerprint density at radius 3 is 2.89 bits per heavy atom. The molecular weight excluding hydrogens is 360 g/mol. The van der Waals surface area contributed by atoms with Crippen molar-refractivity contribution in [3.63, 3.8) is 0 Å². The molecule has 1 fully saturated rings. The Morgan fingerprint density at radius 2 is 2.11 bits per heavy atom. The quantitative estimate of drug-likeness (QED) is 0.648. The highest BCUT2D eigenvalue weighted by Crippen LogP contribution is 2.25. The molecule has 0 saturated carbocycles. The Balaban J connectivity index is 1.60. The normalized spacial score (nSPS) is 17.2. The minimum atomic E-state index is -0.331. The summed E-state index contributed by atoms with van der Waals surface area (Å²) < 4.78 is 8.96. The molecule has 10 nitrogen and oxygen atoms in total. The molecule has 1 saturated heterocycles. The maximum Gasteiger partial charge on any atom is 0.245 e. The molecule has 28 heavy (non-hydrogen) atoms. The molecule has 1 aliphatic rings. The topological polar surface area (TPSA) is 104 Å². The van der Waals surface area contributed by atoms with Gasteiger partial charge in [-0.1, -0.05) is 32.0 Å². The number of para-hydroxylation sites is 1. The summed E-state index contributed by atoms with van der Waals surface area (Å²) in [6.07, 6.45) is 1.50. The van der Waals surface area contributed by atoms with Gasteiger partial charge in [0.25, 0.3) is 0 Å². The van der Waals surface area contributed by atoms with Crippen molar-refractivity contribution in [3.8, 4) is 5.69 Å². The zero-order valence-corrected chi connectivity index (χ0v) is 15.8. The van der Waals surface area contributed by atoms with E-state index in [4.69, 9.17) is 4.74 Å². The summed E-state index contributed by atoms with van der Waals surface area (Å²) in [5.74, 6) is 1.40. The molecule has 4 rings (SSSR count). The third-order valence-corrected chi connectivity index (χ3v) is 4.68. The number of aromatic nitrogens is 7. The van der Waals surface area contributed by atoms with E-state index >= 15 is 0 Å². The molecular formula is C18H22N8O2. The maximum atomic E-state index is 13.1. The average molecular weight is 382 g/mol. The van der Waals surface area contributed by atoms with Gasteiger partial charge in [0.15, 0.2) is 11.6 Å². The van der Waals surface area contributed by atoms with Gasteiger partial charge < -0.3 is 9.64 Å². The van der Waals surface area contributed by atoms with E-state index in [0.29, 0.717) is 31.4 Å². The summed E-state index contributed by atoms with van der Waals surface area (Å²) in [4.78, 5) is 19.3. The van der Waals surface area contributed by atoms with Crippen LogP contribution in [0.1, 0.15) is 37.5 Å². The summed E-state index contributed by atoms with van der Waals surface area (Å²) in [6.45, 7) is 5.39. The first-order valence-corrected chi connectivity index (χ1v) is 9.23. The van der Waals surface area contributed by atoms with E-state index in [1.807, 2.05) is 44.2 Å². The second kappa shape index (κ2) is 7.85. The van der Waals surface area contributed by atoms with Gasteiger partial charge in [0.1, 0.15) is 18.9 Å². The smallest absolute Gasteiger partial charge is 0.245 e. The van der Waals surface area contributed by atoms with Crippen molar-refractivity contribution in [1.82, 2.24) is 39.9 Å². The molecule has 0 aliphatic carbocycles. The first kappa shape index (κ1) is 18.2. The number of carbonyl (C=O) groups excluding carboxylic acids is 1. The molecule has 146 valence electrons. The highest BCUT2D eigenvalue weighted by Gasteiger charge is 2.33. The second-order valence-electron chi connectivity index (χ2n) is 6.89. The standard InChI is InChI=1S/C18H22N8O2/c1-13(2)17-21-22-23-25(17)10-16(27)24-8-9-28-11-15(24)18-19-12-20-26(18)14-6-4-3-5-7-14/h3-7,12-13,15H,8-11H2,1-2H3. The monoisotopic (exact) mass is 382 g/mol. The number of amides is 1. The van der Waals surface area contributed by atoms with Crippen LogP contribution in [0.25, 0.3) is 5.69 Å². The number of tetrazole rings is 1. The Bertz CT molecular complexity index is 936. The van der Waals surface area contributed by atoms with Gasteiger partial charge in [-0.25, -0.2) is 14.3 Å². The van der Waals surface area contributed by atoms with Crippen molar-refractivity contribution < 1.29 is 9.53 Å². The fourth-order valence-corrected chi connectivity index (χ4v) is 3.32. The first-order chi connectivity index (χ1) is 13.6. The van der Waals surface area contributed by atoms with Gasteiger partial charge in [0.05, 0.1) is 18.9 Å². The fraction of sp³-hybridized carbons (Fsp3) is 0.444. The molecule has 1 aromatic carbocycles. The number of nitrogens with zero attached hydrogens (tertiary/aromatic N) is 8. The second-order valence-corrected chi connectivity index (χ2v) is 6.89. The molecule has 0 radical (unpaired) electrons. The predicted octanol–water partition coefficient (Wildman–Crippen LogP) is 0.977. The highest BCUT2D eigenvalue weighted by molar-refractivity contribution is 5.76. The molecule has 0 bridgehead atoms. The van der Waals surface area contributed by atoms with E-state index < -0.39 is 0 Å². The minimum Gasteiger partial charge on any atom is -0.377 e. The molecule has 1 amide bonds. The number of rotatable bonds is 5. The van der Waals surface area contributed by atoms with E-state index in [2.05, 4.69) is 25.6 Å².